The van der Waals surface area contributed by atoms with E-state index in [2.05, 4.69) is 51.9 Å². The molecule has 0 bridgehead atoms. The molecule has 1 N–H and O–H groups in total. The van der Waals surface area contributed by atoms with Gasteiger partial charge >= 0.3 is 0 Å². The van der Waals surface area contributed by atoms with Crippen LogP contribution in [0.3, 0.4) is 0 Å². The Kier molecular flexibility index (Phi) is 9.85. The van der Waals surface area contributed by atoms with Crippen molar-refractivity contribution >= 4 is 0 Å². The van der Waals surface area contributed by atoms with Crippen molar-refractivity contribution < 1.29 is 0 Å². The van der Waals surface area contributed by atoms with Gasteiger partial charge in [0.25, 0.3) is 0 Å². The summed E-state index contributed by atoms with van der Waals surface area (Å²) in [4.78, 5) is 2.51. The van der Waals surface area contributed by atoms with Crippen LogP contribution < -0.4 is 5.32 Å². The quantitative estimate of drug-likeness (QED) is 0.590. The van der Waals surface area contributed by atoms with Gasteiger partial charge in [0.05, 0.1) is 0 Å². The molecule has 2 atom stereocenters. The molecule has 0 spiro atoms. The zero-order chi connectivity index (χ0) is 13.3. The Labute approximate surface area is 109 Å². The highest BCUT2D eigenvalue weighted by Gasteiger charge is 2.10. The molecule has 0 amide bonds. The van der Waals surface area contributed by atoms with E-state index in [0.29, 0.717) is 6.04 Å². The molecule has 104 valence electrons. The lowest BCUT2D eigenvalue weighted by Gasteiger charge is -2.26. The van der Waals surface area contributed by atoms with Crippen LogP contribution >= 0.6 is 0 Å². The normalized spacial score (nSPS) is 15.5. The third-order valence-electron chi connectivity index (χ3n) is 3.52. The molecule has 0 aromatic carbocycles. The Morgan fingerprint density at radius 3 is 2.24 bits per heavy atom. The Hall–Kier alpha value is -0.0800. The maximum Gasteiger partial charge on any atom is 0.00663 e. The molecule has 0 aliphatic heterocycles. The van der Waals surface area contributed by atoms with E-state index in [1.54, 1.807) is 0 Å². The molecular formula is C15H34N2. The van der Waals surface area contributed by atoms with Gasteiger partial charge in [0.2, 0.25) is 0 Å². The van der Waals surface area contributed by atoms with Gasteiger partial charge in [-0.25, -0.2) is 0 Å². The molecule has 0 saturated carbocycles. The second-order valence-electron chi connectivity index (χ2n) is 5.91. The van der Waals surface area contributed by atoms with Gasteiger partial charge < -0.3 is 10.2 Å². The van der Waals surface area contributed by atoms with Crippen LogP contribution in [0.1, 0.15) is 60.3 Å². The van der Waals surface area contributed by atoms with Crippen LogP contribution in [0.5, 0.6) is 0 Å². The smallest absolute Gasteiger partial charge is 0.00663 e. The van der Waals surface area contributed by atoms with Crippen molar-refractivity contribution in [2.24, 2.45) is 5.92 Å². The minimum absolute atomic E-state index is 0.679. The van der Waals surface area contributed by atoms with Crippen LogP contribution in [0.4, 0.5) is 0 Å². The van der Waals surface area contributed by atoms with Crippen molar-refractivity contribution in [2.75, 3.05) is 20.1 Å². The number of hydrogen-bond donors (Lipinski definition) is 1. The monoisotopic (exact) mass is 242 g/mol. The Bertz CT molecular complexity index is 168. The standard InChI is InChI=1S/C15H34N2/c1-7-16-14(4)10-8-9-11-17(6)15(5)12-13(2)3/h13-16H,7-12H2,1-6H3. The molecule has 0 rings (SSSR count). The zero-order valence-electron chi connectivity index (χ0n) is 12.9. The van der Waals surface area contributed by atoms with E-state index in [-0.39, 0.29) is 0 Å². The van der Waals surface area contributed by atoms with Gasteiger partial charge in [-0.05, 0) is 59.2 Å². The molecule has 0 aromatic heterocycles. The largest absolute Gasteiger partial charge is 0.315 e. The van der Waals surface area contributed by atoms with Crippen molar-refractivity contribution in [3.63, 3.8) is 0 Å². The second-order valence-corrected chi connectivity index (χ2v) is 5.91. The predicted molar refractivity (Wildman–Crippen MR) is 78.5 cm³/mol. The lowest BCUT2D eigenvalue weighted by Crippen LogP contribution is -2.31. The van der Waals surface area contributed by atoms with Gasteiger partial charge in [-0.3, -0.25) is 0 Å². The molecule has 0 aromatic rings. The van der Waals surface area contributed by atoms with E-state index in [0.717, 1.165) is 18.5 Å². The van der Waals surface area contributed by atoms with Crippen LogP contribution in [-0.2, 0) is 0 Å². The van der Waals surface area contributed by atoms with E-state index in [4.69, 9.17) is 0 Å². The molecule has 0 saturated heterocycles. The summed E-state index contributed by atoms with van der Waals surface area (Å²) in [5, 5.41) is 3.47. The third-order valence-corrected chi connectivity index (χ3v) is 3.52. The van der Waals surface area contributed by atoms with Crippen molar-refractivity contribution in [3.8, 4) is 0 Å². The summed E-state index contributed by atoms with van der Waals surface area (Å²) in [6.07, 6.45) is 5.28. The fourth-order valence-electron chi connectivity index (χ4n) is 2.34. The topological polar surface area (TPSA) is 15.3 Å². The first-order valence-corrected chi connectivity index (χ1v) is 7.41. The van der Waals surface area contributed by atoms with Crippen LogP contribution in [-0.4, -0.2) is 37.1 Å². The minimum atomic E-state index is 0.679. The highest BCUT2D eigenvalue weighted by atomic mass is 15.1. The first kappa shape index (κ1) is 16.9. The molecule has 0 heterocycles. The number of nitrogens with one attached hydrogen (secondary N) is 1. The van der Waals surface area contributed by atoms with Crippen molar-refractivity contribution in [1.29, 1.82) is 0 Å². The number of rotatable bonds is 10. The van der Waals surface area contributed by atoms with Gasteiger partial charge in [0.1, 0.15) is 0 Å². The lowest BCUT2D eigenvalue weighted by atomic mass is 10.0. The Morgan fingerprint density at radius 1 is 1.06 bits per heavy atom. The molecule has 0 aliphatic rings. The molecule has 0 aliphatic carbocycles. The molecule has 2 heteroatoms. The van der Waals surface area contributed by atoms with Crippen LogP contribution in [0, 0.1) is 5.92 Å². The van der Waals surface area contributed by atoms with Gasteiger partial charge in [-0.15, -0.1) is 0 Å². The predicted octanol–water partition coefficient (Wildman–Crippen LogP) is 3.52. The van der Waals surface area contributed by atoms with Crippen molar-refractivity contribution in [3.05, 3.63) is 0 Å². The fraction of sp³-hybridized carbons (Fsp3) is 1.00. The summed E-state index contributed by atoms with van der Waals surface area (Å²) < 4.78 is 0. The zero-order valence-corrected chi connectivity index (χ0v) is 12.9. The van der Waals surface area contributed by atoms with Crippen LogP contribution in [0.2, 0.25) is 0 Å². The minimum Gasteiger partial charge on any atom is -0.315 e. The van der Waals surface area contributed by atoms with E-state index in [1.807, 2.05) is 0 Å². The summed E-state index contributed by atoms with van der Waals surface area (Å²) in [6.45, 7) is 13.8. The molecule has 0 radical (unpaired) electrons. The van der Waals surface area contributed by atoms with Gasteiger partial charge in [0.15, 0.2) is 0 Å². The summed E-state index contributed by atoms with van der Waals surface area (Å²) in [5.74, 6) is 0.807. The summed E-state index contributed by atoms with van der Waals surface area (Å²) >= 11 is 0. The van der Waals surface area contributed by atoms with E-state index >= 15 is 0 Å². The summed E-state index contributed by atoms with van der Waals surface area (Å²) in [5.41, 5.74) is 0. The Balaban J connectivity index is 3.53. The maximum absolute atomic E-state index is 3.47. The second kappa shape index (κ2) is 9.90. The highest BCUT2D eigenvalue weighted by Crippen LogP contribution is 2.11. The average Bonchev–Trinajstić information content (AvgIpc) is 2.23. The highest BCUT2D eigenvalue weighted by molar-refractivity contribution is 4.66. The molecule has 17 heavy (non-hydrogen) atoms. The van der Waals surface area contributed by atoms with Crippen LogP contribution in [0.25, 0.3) is 0 Å². The first-order valence-electron chi connectivity index (χ1n) is 7.41. The number of hydrogen-bond acceptors (Lipinski definition) is 2. The molecular weight excluding hydrogens is 208 g/mol. The summed E-state index contributed by atoms with van der Waals surface area (Å²) in [7, 11) is 2.26. The van der Waals surface area contributed by atoms with Crippen LogP contribution in [0.15, 0.2) is 0 Å². The number of unbranched alkanes of at least 4 members (excludes halogenated alkanes) is 1. The third kappa shape index (κ3) is 9.61. The Morgan fingerprint density at radius 2 is 1.71 bits per heavy atom. The fourth-order valence-corrected chi connectivity index (χ4v) is 2.34. The van der Waals surface area contributed by atoms with E-state index in [1.165, 1.54) is 32.2 Å². The van der Waals surface area contributed by atoms with Crippen molar-refractivity contribution in [2.45, 2.75) is 72.4 Å². The van der Waals surface area contributed by atoms with Crippen molar-refractivity contribution in [1.82, 2.24) is 10.2 Å². The number of nitrogens with zero attached hydrogens (tertiary/aromatic N) is 1. The van der Waals surface area contributed by atoms with Gasteiger partial charge in [0, 0.05) is 12.1 Å². The molecule has 2 unspecified atom stereocenters. The lowest BCUT2D eigenvalue weighted by molar-refractivity contribution is 0.223. The van der Waals surface area contributed by atoms with E-state index < -0.39 is 0 Å². The first-order chi connectivity index (χ1) is 7.97. The maximum atomic E-state index is 3.47. The molecule has 2 nitrogen and oxygen atoms in total. The van der Waals surface area contributed by atoms with E-state index in [9.17, 15) is 0 Å². The molecule has 0 fully saturated rings. The summed E-state index contributed by atoms with van der Waals surface area (Å²) in [6, 6.07) is 1.40. The SMILES string of the molecule is CCNC(C)CCCCN(C)C(C)CC(C)C. The van der Waals surface area contributed by atoms with Gasteiger partial charge in [-0.1, -0.05) is 27.2 Å². The average molecular weight is 242 g/mol. The van der Waals surface area contributed by atoms with Gasteiger partial charge in [-0.2, -0.15) is 0 Å².